The number of unbranched alkanes of at least 4 members (excludes halogenated alkanes) is 4. The second-order valence-corrected chi connectivity index (χ2v) is 9.10. The molecule has 0 fully saturated rings. The van der Waals surface area contributed by atoms with Crippen molar-refractivity contribution in [2.75, 3.05) is 6.54 Å². The molecule has 35 heavy (non-hydrogen) atoms. The fourth-order valence-corrected chi connectivity index (χ4v) is 4.51. The molecule has 5 rings (SSSR count). The van der Waals surface area contributed by atoms with Crippen LogP contribution in [0.3, 0.4) is 0 Å². The lowest BCUT2D eigenvalue weighted by atomic mass is 10.00. The topological polar surface area (TPSA) is 72.7 Å². The highest BCUT2D eigenvalue weighted by Crippen LogP contribution is 2.26. The van der Waals surface area contributed by atoms with E-state index in [-0.39, 0.29) is 5.91 Å². The number of aryl methyl sites for hydroxylation is 1. The van der Waals surface area contributed by atoms with E-state index in [0.717, 1.165) is 12.0 Å². The number of aromatic nitrogens is 4. The molecule has 3 heterocycles. The molecule has 0 radical (unpaired) electrons. The van der Waals surface area contributed by atoms with E-state index in [0.29, 0.717) is 36.0 Å². The molecule has 6 heteroatoms. The Bertz CT molecular complexity index is 1290. The summed E-state index contributed by atoms with van der Waals surface area (Å²) in [6.07, 6.45) is 9.45. The second kappa shape index (κ2) is 10.6. The Morgan fingerprint density at radius 3 is 2.31 bits per heavy atom. The minimum atomic E-state index is -0.0973. The van der Waals surface area contributed by atoms with Crippen LogP contribution in [0.15, 0.2) is 66.9 Å². The monoisotopic (exact) mass is 465 g/mol. The SMILES string of the molecule is CCCCCCCc1ccc(-c2ccc(-c3nccc(-c4cc5n(n4)CCNC5=O)n3)cc2)cc1. The Kier molecular flexibility index (Phi) is 6.98. The van der Waals surface area contributed by atoms with Gasteiger partial charge in [0.1, 0.15) is 11.4 Å². The Labute approximate surface area is 206 Å². The number of amides is 1. The van der Waals surface area contributed by atoms with Gasteiger partial charge in [0.25, 0.3) is 5.91 Å². The van der Waals surface area contributed by atoms with E-state index >= 15 is 0 Å². The molecule has 0 spiro atoms. The van der Waals surface area contributed by atoms with Gasteiger partial charge >= 0.3 is 0 Å². The van der Waals surface area contributed by atoms with Crippen LogP contribution < -0.4 is 5.32 Å². The number of carbonyl (C=O) groups is 1. The molecule has 1 N–H and O–H groups in total. The van der Waals surface area contributed by atoms with Crippen LogP contribution in [0.4, 0.5) is 0 Å². The molecule has 178 valence electrons. The van der Waals surface area contributed by atoms with Gasteiger partial charge in [-0.25, -0.2) is 9.97 Å². The lowest BCUT2D eigenvalue weighted by Gasteiger charge is -2.13. The highest BCUT2D eigenvalue weighted by molar-refractivity contribution is 5.94. The van der Waals surface area contributed by atoms with Gasteiger partial charge < -0.3 is 5.32 Å². The second-order valence-electron chi connectivity index (χ2n) is 9.10. The maximum absolute atomic E-state index is 12.1. The van der Waals surface area contributed by atoms with E-state index in [1.165, 1.54) is 48.8 Å². The fourth-order valence-electron chi connectivity index (χ4n) is 4.51. The first-order chi connectivity index (χ1) is 17.2. The molecule has 0 aliphatic carbocycles. The quantitative estimate of drug-likeness (QED) is 0.311. The Morgan fingerprint density at radius 1 is 0.857 bits per heavy atom. The molecule has 6 nitrogen and oxygen atoms in total. The summed E-state index contributed by atoms with van der Waals surface area (Å²) in [6, 6.07) is 20.9. The molecular formula is C29H31N5O. The molecule has 1 aliphatic rings. The van der Waals surface area contributed by atoms with Crippen LogP contribution >= 0.6 is 0 Å². The number of fused-ring (bicyclic) bond motifs is 1. The first-order valence-corrected chi connectivity index (χ1v) is 12.6. The van der Waals surface area contributed by atoms with Gasteiger partial charge in [-0.05, 0) is 41.7 Å². The number of rotatable bonds is 9. The third kappa shape index (κ3) is 5.32. The van der Waals surface area contributed by atoms with E-state index in [9.17, 15) is 4.79 Å². The Balaban J connectivity index is 1.28. The number of hydrogen-bond donors (Lipinski definition) is 1. The first kappa shape index (κ1) is 23.0. The van der Waals surface area contributed by atoms with Gasteiger partial charge in [-0.3, -0.25) is 9.48 Å². The highest BCUT2D eigenvalue weighted by atomic mass is 16.2. The van der Waals surface area contributed by atoms with Crippen molar-refractivity contribution in [2.24, 2.45) is 0 Å². The van der Waals surface area contributed by atoms with Crippen LogP contribution in [0.2, 0.25) is 0 Å². The summed E-state index contributed by atoms with van der Waals surface area (Å²) in [7, 11) is 0. The van der Waals surface area contributed by atoms with Crippen LogP contribution in [0, 0.1) is 0 Å². The summed E-state index contributed by atoms with van der Waals surface area (Å²) in [6.45, 7) is 3.51. The van der Waals surface area contributed by atoms with Gasteiger partial charge in [0, 0.05) is 18.3 Å². The van der Waals surface area contributed by atoms with Crippen molar-refractivity contribution in [3.63, 3.8) is 0 Å². The third-order valence-electron chi connectivity index (χ3n) is 6.54. The zero-order chi connectivity index (χ0) is 24.0. The summed E-state index contributed by atoms with van der Waals surface area (Å²) in [4.78, 5) is 21.3. The molecule has 2 aromatic carbocycles. The van der Waals surface area contributed by atoms with Gasteiger partial charge in [0.15, 0.2) is 5.82 Å². The highest BCUT2D eigenvalue weighted by Gasteiger charge is 2.20. The van der Waals surface area contributed by atoms with Gasteiger partial charge in [-0.15, -0.1) is 0 Å². The van der Waals surface area contributed by atoms with Crippen LogP contribution in [0.1, 0.15) is 55.1 Å². The maximum atomic E-state index is 12.1. The van der Waals surface area contributed by atoms with E-state index in [1.54, 1.807) is 16.9 Å². The first-order valence-electron chi connectivity index (χ1n) is 12.6. The van der Waals surface area contributed by atoms with Gasteiger partial charge in [0.2, 0.25) is 0 Å². The number of carbonyl (C=O) groups excluding carboxylic acids is 1. The minimum Gasteiger partial charge on any atom is -0.349 e. The summed E-state index contributed by atoms with van der Waals surface area (Å²) in [5.74, 6) is 0.544. The Morgan fingerprint density at radius 2 is 1.57 bits per heavy atom. The average Bonchev–Trinajstić information content (AvgIpc) is 3.35. The van der Waals surface area contributed by atoms with Crippen molar-refractivity contribution >= 4 is 5.91 Å². The van der Waals surface area contributed by atoms with E-state index in [1.807, 2.05) is 6.07 Å². The number of nitrogens with zero attached hydrogens (tertiary/aromatic N) is 4. The lowest BCUT2D eigenvalue weighted by Crippen LogP contribution is -2.35. The van der Waals surface area contributed by atoms with Crippen LogP contribution in [-0.2, 0) is 13.0 Å². The predicted molar refractivity (Wildman–Crippen MR) is 139 cm³/mol. The summed E-state index contributed by atoms with van der Waals surface area (Å²) >= 11 is 0. The summed E-state index contributed by atoms with van der Waals surface area (Å²) < 4.78 is 1.74. The van der Waals surface area contributed by atoms with Crippen molar-refractivity contribution in [2.45, 2.75) is 52.0 Å². The van der Waals surface area contributed by atoms with Crippen LogP contribution in [0.25, 0.3) is 33.9 Å². The van der Waals surface area contributed by atoms with Crippen LogP contribution in [0.5, 0.6) is 0 Å². The molecule has 2 aromatic heterocycles. The molecule has 0 unspecified atom stereocenters. The molecule has 1 aliphatic heterocycles. The van der Waals surface area contributed by atoms with E-state index in [2.05, 4.69) is 70.9 Å². The summed E-state index contributed by atoms with van der Waals surface area (Å²) in [5, 5.41) is 7.41. The average molecular weight is 466 g/mol. The van der Waals surface area contributed by atoms with Gasteiger partial charge in [0.05, 0.1) is 12.2 Å². The summed E-state index contributed by atoms with van der Waals surface area (Å²) in [5.41, 5.74) is 6.70. The van der Waals surface area contributed by atoms with Crippen molar-refractivity contribution < 1.29 is 4.79 Å². The molecule has 4 aromatic rings. The van der Waals surface area contributed by atoms with Crippen molar-refractivity contribution in [1.82, 2.24) is 25.1 Å². The zero-order valence-electron chi connectivity index (χ0n) is 20.2. The predicted octanol–water partition coefficient (Wildman–Crippen LogP) is 5.93. The number of benzene rings is 2. The number of nitrogens with one attached hydrogen (secondary N) is 1. The maximum Gasteiger partial charge on any atom is 0.269 e. The van der Waals surface area contributed by atoms with Crippen molar-refractivity contribution in [1.29, 1.82) is 0 Å². The molecular weight excluding hydrogens is 434 g/mol. The smallest absolute Gasteiger partial charge is 0.269 e. The zero-order valence-corrected chi connectivity index (χ0v) is 20.2. The molecule has 0 saturated heterocycles. The van der Waals surface area contributed by atoms with E-state index in [4.69, 9.17) is 4.98 Å². The number of hydrogen-bond acceptors (Lipinski definition) is 4. The third-order valence-corrected chi connectivity index (χ3v) is 6.54. The molecule has 0 saturated carbocycles. The molecule has 1 amide bonds. The normalized spacial score (nSPS) is 12.9. The fraction of sp³-hybridized carbons (Fsp3) is 0.310. The lowest BCUT2D eigenvalue weighted by molar-refractivity contribution is 0.0924. The standard InChI is InChI=1S/C29H31N5O/c1-2-3-4-5-6-7-21-8-10-22(11-9-21)23-12-14-24(15-13-23)28-30-17-16-25(32-28)26-20-27-29(35)31-18-19-34(27)33-26/h8-17,20H,2-7,18-19H2,1H3,(H,31,35). The van der Waals surface area contributed by atoms with Crippen molar-refractivity contribution in [3.8, 4) is 33.9 Å². The minimum absolute atomic E-state index is 0.0973. The van der Waals surface area contributed by atoms with E-state index < -0.39 is 0 Å². The largest absolute Gasteiger partial charge is 0.349 e. The van der Waals surface area contributed by atoms with Gasteiger partial charge in [-0.1, -0.05) is 81.1 Å². The van der Waals surface area contributed by atoms with Crippen molar-refractivity contribution in [3.05, 3.63) is 78.1 Å². The van der Waals surface area contributed by atoms with Gasteiger partial charge in [-0.2, -0.15) is 5.10 Å². The molecule has 0 atom stereocenters. The Hall–Kier alpha value is -3.80. The van der Waals surface area contributed by atoms with Crippen LogP contribution in [-0.4, -0.2) is 32.2 Å². The molecule has 0 bridgehead atoms.